The number of nitrogens with one attached hydrogen (secondary N) is 2. The van der Waals surface area contributed by atoms with Gasteiger partial charge in [-0.2, -0.15) is 0 Å². The molecule has 1 aliphatic heterocycles. The van der Waals surface area contributed by atoms with Crippen LogP contribution in [-0.4, -0.2) is 25.5 Å². The van der Waals surface area contributed by atoms with Gasteiger partial charge in [-0.05, 0) is 55.5 Å². The molecule has 0 aliphatic carbocycles. The average Bonchev–Trinajstić information content (AvgIpc) is 2.53. The molecule has 0 bridgehead atoms. The lowest BCUT2D eigenvalue weighted by Gasteiger charge is -2.29. The Morgan fingerprint density at radius 2 is 2.25 bits per heavy atom. The minimum atomic E-state index is -0.351. The van der Waals surface area contributed by atoms with Crippen molar-refractivity contribution in [3.8, 4) is 0 Å². The second-order valence-corrected chi connectivity index (χ2v) is 7.98. The van der Waals surface area contributed by atoms with Crippen molar-refractivity contribution in [3.63, 3.8) is 0 Å². The van der Waals surface area contributed by atoms with E-state index in [-0.39, 0.29) is 17.1 Å². The normalized spacial score (nSPS) is 19.8. The van der Waals surface area contributed by atoms with Gasteiger partial charge in [-0.15, -0.1) is 0 Å². The van der Waals surface area contributed by atoms with Gasteiger partial charge >= 0.3 is 0 Å². The number of hydrogen-bond acceptors (Lipinski definition) is 2. The van der Waals surface area contributed by atoms with Crippen molar-refractivity contribution in [3.05, 3.63) is 34.6 Å². The van der Waals surface area contributed by atoms with Gasteiger partial charge in [0.25, 0.3) is 0 Å². The average molecular weight is 355 g/mol. The zero-order valence-electron chi connectivity index (χ0n) is 14.8. The van der Waals surface area contributed by atoms with Gasteiger partial charge in [0.15, 0.2) is 0 Å². The standard InChI is InChI=1S/C19H28ClFN2O/c1-13(14-5-4-8-22-11-14)9-18(24)23-12-19(2,3)16-7-6-15(21)10-17(16)20/h6-7,10,13-14,22H,4-5,8-9,11-12H2,1-3H3,(H,23,24). The zero-order chi connectivity index (χ0) is 17.7. The van der Waals surface area contributed by atoms with E-state index in [0.29, 0.717) is 29.8 Å². The zero-order valence-corrected chi connectivity index (χ0v) is 15.5. The molecule has 1 aliphatic rings. The number of benzene rings is 1. The summed E-state index contributed by atoms with van der Waals surface area (Å²) in [6, 6.07) is 4.42. The molecule has 1 aromatic rings. The second-order valence-electron chi connectivity index (χ2n) is 7.57. The molecule has 0 aromatic heterocycles. The molecule has 0 saturated carbocycles. The topological polar surface area (TPSA) is 41.1 Å². The predicted molar refractivity (Wildman–Crippen MR) is 96.8 cm³/mol. The van der Waals surface area contributed by atoms with Crippen LogP contribution in [0.5, 0.6) is 0 Å². The van der Waals surface area contributed by atoms with E-state index in [0.717, 1.165) is 18.7 Å². The molecular weight excluding hydrogens is 327 g/mol. The number of carbonyl (C=O) groups is 1. The van der Waals surface area contributed by atoms with Gasteiger partial charge < -0.3 is 10.6 Å². The molecule has 2 unspecified atom stereocenters. The molecule has 1 fully saturated rings. The maximum atomic E-state index is 13.2. The van der Waals surface area contributed by atoms with Gasteiger partial charge in [-0.25, -0.2) is 4.39 Å². The summed E-state index contributed by atoms with van der Waals surface area (Å²) < 4.78 is 13.2. The van der Waals surface area contributed by atoms with Crippen LogP contribution in [0.2, 0.25) is 5.02 Å². The van der Waals surface area contributed by atoms with Crippen LogP contribution < -0.4 is 10.6 Å². The van der Waals surface area contributed by atoms with E-state index >= 15 is 0 Å². The van der Waals surface area contributed by atoms with Crippen LogP contribution in [0.3, 0.4) is 0 Å². The lowest BCUT2D eigenvalue weighted by atomic mass is 9.83. The van der Waals surface area contributed by atoms with Crippen LogP contribution >= 0.6 is 11.6 Å². The minimum absolute atomic E-state index is 0.0689. The Kier molecular flexibility index (Phi) is 6.64. The fraction of sp³-hybridized carbons (Fsp3) is 0.632. The molecule has 1 heterocycles. The Labute approximate surface area is 149 Å². The van der Waals surface area contributed by atoms with Crippen molar-refractivity contribution >= 4 is 17.5 Å². The van der Waals surface area contributed by atoms with Crippen LogP contribution in [0.4, 0.5) is 4.39 Å². The van der Waals surface area contributed by atoms with Crippen LogP contribution in [0.25, 0.3) is 0 Å². The molecule has 5 heteroatoms. The van der Waals surface area contributed by atoms with Crippen molar-refractivity contribution < 1.29 is 9.18 Å². The Morgan fingerprint density at radius 3 is 2.88 bits per heavy atom. The predicted octanol–water partition coefficient (Wildman–Crippen LogP) is 3.90. The molecule has 24 heavy (non-hydrogen) atoms. The first kappa shape index (κ1) is 19.2. The van der Waals surface area contributed by atoms with E-state index in [2.05, 4.69) is 17.6 Å². The van der Waals surface area contributed by atoms with Gasteiger partial charge in [-0.1, -0.05) is 38.4 Å². The van der Waals surface area contributed by atoms with Crippen molar-refractivity contribution in [1.29, 1.82) is 0 Å². The quantitative estimate of drug-likeness (QED) is 0.813. The Morgan fingerprint density at radius 1 is 1.50 bits per heavy atom. The van der Waals surface area contributed by atoms with Gasteiger partial charge in [-0.3, -0.25) is 4.79 Å². The first-order valence-electron chi connectivity index (χ1n) is 8.72. The lowest BCUT2D eigenvalue weighted by Crippen LogP contribution is -2.39. The van der Waals surface area contributed by atoms with Gasteiger partial charge in [0.1, 0.15) is 5.82 Å². The third-order valence-corrected chi connectivity index (χ3v) is 5.35. The smallest absolute Gasteiger partial charge is 0.220 e. The number of amides is 1. The van der Waals surface area contributed by atoms with E-state index in [9.17, 15) is 9.18 Å². The second kappa shape index (κ2) is 8.30. The Bertz CT molecular complexity index is 570. The lowest BCUT2D eigenvalue weighted by molar-refractivity contribution is -0.122. The van der Waals surface area contributed by atoms with Crippen molar-refractivity contribution in [2.75, 3.05) is 19.6 Å². The summed E-state index contributed by atoms with van der Waals surface area (Å²) in [5, 5.41) is 6.82. The van der Waals surface area contributed by atoms with E-state index in [1.165, 1.54) is 25.0 Å². The summed E-state index contributed by atoms with van der Waals surface area (Å²) in [7, 11) is 0. The summed E-state index contributed by atoms with van der Waals surface area (Å²) in [5.74, 6) is 0.664. The SMILES string of the molecule is CC(CC(=O)NCC(C)(C)c1ccc(F)cc1Cl)C1CCCNC1. The largest absolute Gasteiger partial charge is 0.355 e. The van der Waals surface area contributed by atoms with Crippen LogP contribution in [0.1, 0.15) is 45.6 Å². The highest BCUT2D eigenvalue weighted by molar-refractivity contribution is 6.31. The highest BCUT2D eigenvalue weighted by Crippen LogP contribution is 2.30. The molecule has 0 spiro atoms. The first-order valence-corrected chi connectivity index (χ1v) is 9.10. The molecule has 0 radical (unpaired) electrons. The van der Waals surface area contributed by atoms with Crippen molar-refractivity contribution in [2.24, 2.45) is 11.8 Å². The third-order valence-electron chi connectivity index (χ3n) is 5.03. The summed E-state index contributed by atoms with van der Waals surface area (Å²) in [6.07, 6.45) is 2.92. The van der Waals surface area contributed by atoms with Crippen molar-refractivity contribution in [2.45, 2.75) is 45.4 Å². The molecule has 1 aromatic carbocycles. The minimum Gasteiger partial charge on any atom is -0.355 e. The van der Waals surface area contributed by atoms with E-state index in [1.807, 2.05) is 13.8 Å². The Balaban J connectivity index is 1.87. The molecule has 2 rings (SSSR count). The number of rotatable bonds is 6. The number of hydrogen-bond donors (Lipinski definition) is 2. The third kappa shape index (κ3) is 5.18. The molecule has 1 amide bonds. The fourth-order valence-corrected chi connectivity index (χ4v) is 3.77. The summed E-state index contributed by atoms with van der Waals surface area (Å²) in [5.41, 5.74) is 0.492. The molecule has 2 atom stereocenters. The van der Waals surface area contributed by atoms with Gasteiger partial charge in [0, 0.05) is 23.4 Å². The van der Waals surface area contributed by atoms with Crippen LogP contribution in [0.15, 0.2) is 18.2 Å². The highest BCUT2D eigenvalue weighted by Gasteiger charge is 2.26. The van der Waals surface area contributed by atoms with E-state index in [1.54, 1.807) is 6.07 Å². The number of piperidine rings is 1. The summed E-state index contributed by atoms with van der Waals surface area (Å²) in [6.45, 7) is 8.72. The maximum Gasteiger partial charge on any atom is 0.220 e. The summed E-state index contributed by atoms with van der Waals surface area (Å²) >= 11 is 6.16. The van der Waals surface area contributed by atoms with E-state index in [4.69, 9.17) is 11.6 Å². The van der Waals surface area contributed by atoms with E-state index < -0.39 is 0 Å². The van der Waals surface area contributed by atoms with Crippen molar-refractivity contribution in [1.82, 2.24) is 10.6 Å². The van der Waals surface area contributed by atoms with Gasteiger partial charge in [0.2, 0.25) is 5.91 Å². The highest BCUT2D eigenvalue weighted by atomic mass is 35.5. The Hall–Kier alpha value is -1.13. The van der Waals surface area contributed by atoms with Crippen LogP contribution in [0, 0.1) is 17.7 Å². The number of halogens is 2. The van der Waals surface area contributed by atoms with Gasteiger partial charge in [0.05, 0.1) is 0 Å². The monoisotopic (exact) mass is 354 g/mol. The molecule has 2 N–H and O–H groups in total. The molecule has 3 nitrogen and oxygen atoms in total. The fourth-order valence-electron chi connectivity index (χ4n) is 3.35. The molecule has 134 valence electrons. The maximum absolute atomic E-state index is 13.2. The van der Waals surface area contributed by atoms with Crippen LogP contribution in [-0.2, 0) is 10.2 Å². The number of carbonyl (C=O) groups excluding carboxylic acids is 1. The first-order chi connectivity index (χ1) is 11.3. The summed E-state index contributed by atoms with van der Waals surface area (Å²) in [4.78, 5) is 12.3. The molecule has 1 saturated heterocycles. The molecular formula is C19H28ClFN2O.